The first kappa shape index (κ1) is 16.7. The van der Waals surface area contributed by atoms with Crippen LogP contribution in [0.5, 0.6) is 0 Å². The standard InChI is InChI=1S/C14H20Br2N2O/c1-9(2)13(17)6-7-18(3)14(19)11-8-10(15)4-5-12(11)16/h4-5,8-9,13H,6-7,17H2,1-3H3. The zero-order chi connectivity index (χ0) is 14.6. The second-order valence-corrected chi connectivity index (χ2v) is 6.82. The molecule has 2 N–H and O–H groups in total. The zero-order valence-corrected chi connectivity index (χ0v) is 14.7. The molecule has 0 saturated heterocycles. The highest BCUT2D eigenvalue weighted by Gasteiger charge is 2.16. The van der Waals surface area contributed by atoms with Gasteiger partial charge in [0.15, 0.2) is 0 Å². The normalized spacial score (nSPS) is 12.6. The van der Waals surface area contributed by atoms with Crippen LogP contribution in [0.3, 0.4) is 0 Å². The van der Waals surface area contributed by atoms with Crippen LogP contribution in [0, 0.1) is 5.92 Å². The number of hydrogen-bond donors (Lipinski definition) is 1. The molecule has 19 heavy (non-hydrogen) atoms. The van der Waals surface area contributed by atoms with E-state index in [0.29, 0.717) is 18.0 Å². The van der Waals surface area contributed by atoms with Crippen molar-refractivity contribution in [1.82, 2.24) is 4.90 Å². The minimum absolute atomic E-state index is 0.00383. The van der Waals surface area contributed by atoms with Crippen LogP contribution in [0.4, 0.5) is 0 Å². The summed E-state index contributed by atoms with van der Waals surface area (Å²) in [5.41, 5.74) is 6.66. The first-order valence-corrected chi connectivity index (χ1v) is 7.87. The third kappa shape index (κ3) is 4.89. The summed E-state index contributed by atoms with van der Waals surface area (Å²) < 4.78 is 1.70. The van der Waals surface area contributed by atoms with Crippen LogP contribution < -0.4 is 5.73 Å². The van der Waals surface area contributed by atoms with E-state index >= 15 is 0 Å². The summed E-state index contributed by atoms with van der Waals surface area (Å²) in [5.74, 6) is 0.435. The van der Waals surface area contributed by atoms with Crippen molar-refractivity contribution >= 4 is 37.8 Å². The smallest absolute Gasteiger partial charge is 0.254 e. The van der Waals surface area contributed by atoms with Crippen molar-refractivity contribution < 1.29 is 4.79 Å². The number of benzene rings is 1. The zero-order valence-electron chi connectivity index (χ0n) is 11.5. The van der Waals surface area contributed by atoms with E-state index in [1.807, 2.05) is 25.2 Å². The first-order valence-electron chi connectivity index (χ1n) is 6.29. The van der Waals surface area contributed by atoms with E-state index in [2.05, 4.69) is 45.7 Å². The van der Waals surface area contributed by atoms with Crippen LogP contribution in [0.1, 0.15) is 30.6 Å². The molecule has 0 aliphatic rings. The monoisotopic (exact) mass is 390 g/mol. The lowest BCUT2D eigenvalue weighted by atomic mass is 10.0. The quantitative estimate of drug-likeness (QED) is 0.832. The minimum Gasteiger partial charge on any atom is -0.342 e. The molecular weight excluding hydrogens is 372 g/mol. The molecule has 106 valence electrons. The number of carbonyl (C=O) groups excluding carboxylic acids is 1. The van der Waals surface area contributed by atoms with Crippen molar-refractivity contribution in [2.45, 2.75) is 26.3 Å². The van der Waals surface area contributed by atoms with E-state index < -0.39 is 0 Å². The largest absolute Gasteiger partial charge is 0.342 e. The SMILES string of the molecule is CC(C)C(N)CCN(C)C(=O)c1cc(Br)ccc1Br. The Kier molecular flexibility index (Phi) is 6.50. The Morgan fingerprint density at radius 1 is 1.37 bits per heavy atom. The molecule has 5 heteroatoms. The molecule has 0 saturated carbocycles. The predicted molar refractivity (Wildman–Crippen MR) is 86.2 cm³/mol. The van der Waals surface area contributed by atoms with Crippen molar-refractivity contribution in [1.29, 1.82) is 0 Å². The highest BCUT2D eigenvalue weighted by molar-refractivity contribution is 9.11. The average Bonchev–Trinajstić information content (AvgIpc) is 2.37. The van der Waals surface area contributed by atoms with Gasteiger partial charge in [-0.2, -0.15) is 0 Å². The van der Waals surface area contributed by atoms with Crippen molar-refractivity contribution in [2.75, 3.05) is 13.6 Å². The Balaban J connectivity index is 2.69. The summed E-state index contributed by atoms with van der Waals surface area (Å²) in [7, 11) is 1.81. The highest BCUT2D eigenvalue weighted by atomic mass is 79.9. The van der Waals surface area contributed by atoms with Gasteiger partial charge in [-0.25, -0.2) is 0 Å². The van der Waals surface area contributed by atoms with E-state index in [4.69, 9.17) is 5.73 Å². The number of nitrogens with two attached hydrogens (primary N) is 1. The molecule has 0 fully saturated rings. The van der Waals surface area contributed by atoms with Crippen LogP contribution in [-0.4, -0.2) is 30.4 Å². The van der Waals surface area contributed by atoms with E-state index in [0.717, 1.165) is 15.4 Å². The van der Waals surface area contributed by atoms with E-state index in [9.17, 15) is 4.79 Å². The highest BCUT2D eigenvalue weighted by Crippen LogP contribution is 2.22. The topological polar surface area (TPSA) is 46.3 Å². The predicted octanol–water partition coefficient (Wildman–Crippen LogP) is 3.66. The van der Waals surface area contributed by atoms with Gasteiger partial charge in [0.2, 0.25) is 0 Å². The molecule has 0 aliphatic heterocycles. The summed E-state index contributed by atoms with van der Waals surface area (Å²) in [5, 5.41) is 0. The fraction of sp³-hybridized carbons (Fsp3) is 0.500. The lowest BCUT2D eigenvalue weighted by molar-refractivity contribution is 0.0788. The second kappa shape index (κ2) is 7.41. The Morgan fingerprint density at radius 2 is 2.00 bits per heavy atom. The average molecular weight is 392 g/mol. The molecule has 0 heterocycles. The molecule has 0 spiro atoms. The van der Waals surface area contributed by atoms with Crippen LogP contribution in [0.15, 0.2) is 27.1 Å². The van der Waals surface area contributed by atoms with Crippen LogP contribution in [0.25, 0.3) is 0 Å². The first-order chi connectivity index (χ1) is 8.82. The van der Waals surface area contributed by atoms with Gasteiger partial charge >= 0.3 is 0 Å². The second-order valence-electron chi connectivity index (χ2n) is 5.05. The summed E-state index contributed by atoms with van der Waals surface area (Å²) >= 11 is 6.79. The maximum Gasteiger partial charge on any atom is 0.254 e. The number of rotatable bonds is 5. The Labute approximate surface area is 131 Å². The number of amides is 1. The third-order valence-electron chi connectivity index (χ3n) is 3.16. The summed E-state index contributed by atoms with van der Waals surface area (Å²) in [6.07, 6.45) is 0.811. The van der Waals surface area contributed by atoms with Crippen molar-refractivity contribution in [3.63, 3.8) is 0 Å². The summed E-state index contributed by atoms with van der Waals surface area (Å²) in [6.45, 7) is 4.85. The van der Waals surface area contributed by atoms with Gasteiger partial charge in [-0.15, -0.1) is 0 Å². The van der Waals surface area contributed by atoms with E-state index in [1.165, 1.54) is 0 Å². The van der Waals surface area contributed by atoms with Gasteiger partial charge in [0, 0.05) is 28.6 Å². The van der Waals surface area contributed by atoms with E-state index in [-0.39, 0.29) is 11.9 Å². The Morgan fingerprint density at radius 3 is 2.58 bits per heavy atom. The third-order valence-corrected chi connectivity index (χ3v) is 4.34. The number of carbonyl (C=O) groups is 1. The lowest BCUT2D eigenvalue weighted by Crippen LogP contribution is -2.34. The summed E-state index contributed by atoms with van der Waals surface area (Å²) in [4.78, 5) is 14.1. The van der Waals surface area contributed by atoms with Gasteiger partial charge in [0.1, 0.15) is 0 Å². The molecule has 0 aliphatic carbocycles. The fourth-order valence-corrected chi connectivity index (χ4v) is 2.42. The molecule has 1 rings (SSSR count). The van der Waals surface area contributed by atoms with Crippen LogP contribution >= 0.6 is 31.9 Å². The van der Waals surface area contributed by atoms with Gasteiger partial charge in [-0.3, -0.25) is 4.79 Å². The van der Waals surface area contributed by atoms with Crippen molar-refractivity contribution in [3.05, 3.63) is 32.7 Å². The maximum absolute atomic E-state index is 12.3. The molecule has 1 atom stereocenters. The van der Waals surface area contributed by atoms with Gasteiger partial charge in [-0.1, -0.05) is 29.8 Å². The van der Waals surface area contributed by atoms with Crippen LogP contribution in [-0.2, 0) is 0 Å². The molecule has 0 bridgehead atoms. The molecule has 1 aromatic carbocycles. The molecule has 1 aromatic rings. The van der Waals surface area contributed by atoms with E-state index in [1.54, 1.807) is 4.90 Å². The van der Waals surface area contributed by atoms with Gasteiger partial charge in [0.05, 0.1) is 5.56 Å². The van der Waals surface area contributed by atoms with Crippen molar-refractivity contribution in [2.24, 2.45) is 11.7 Å². The number of nitrogens with zero attached hydrogens (tertiary/aromatic N) is 1. The number of halogens is 2. The van der Waals surface area contributed by atoms with Crippen molar-refractivity contribution in [3.8, 4) is 0 Å². The Bertz CT molecular complexity index is 449. The fourth-order valence-electron chi connectivity index (χ4n) is 1.64. The number of hydrogen-bond acceptors (Lipinski definition) is 2. The molecular formula is C14H20Br2N2O. The Hall–Kier alpha value is -0.390. The molecule has 1 unspecified atom stereocenters. The maximum atomic E-state index is 12.3. The molecule has 3 nitrogen and oxygen atoms in total. The summed E-state index contributed by atoms with van der Waals surface area (Å²) in [6, 6.07) is 5.72. The molecule has 1 amide bonds. The lowest BCUT2D eigenvalue weighted by Gasteiger charge is -2.22. The van der Waals surface area contributed by atoms with Gasteiger partial charge < -0.3 is 10.6 Å². The van der Waals surface area contributed by atoms with Crippen LogP contribution in [0.2, 0.25) is 0 Å². The van der Waals surface area contributed by atoms with Gasteiger partial charge in [-0.05, 0) is 46.5 Å². The van der Waals surface area contributed by atoms with Gasteiger partial charge in [0.25, 0.3) is 5.91 Å². The minimum atomic E-state index is 0.00383. The molecule has 0 aromatic heterocycles. The molecule has 0 radical (unpaired) electrons.